The first-order valence-electron chi connectivity index (χ1n) is 6.41. The van der Waals surface area contributed by atoms with Crippen molar-refractivity contribution >= 4 is 34.8 Å². The summed E-state index contributed by atoms with van der Waals surface area (Å²) in [5.41, 5.74) is 0.496. The summed E-state index contributed by atoms with van der Waals surface area (Å²) >= 11 is 1.70. The van der Waals surface area contributed by atoms with Crippen molar-refractivity contribution in [2.24, 2.45) is 5.10 Å². The fraction of sp³-hybridized carbons (Fsp3) is 0.385. The van der Waals surface area contributed by atoms with Crippen LogP contribution < -0.4 is 14.9 Å². The highest BCUT2D eigenvalue weighted by Gasteiger charge is 2.73. The number of benzene rings is 1. The number of methoxy groups -OCH3 is 1. The summed E-state index contributed by atoms with van der Waals surface area (Å²) in [6, 6.07) is -3.28. The van der Waals surface area contributed by atoms with Gasteiger partial charge in [0.25, 0.3) is 0 Å². The highest BCUT2D eigenvalue weighted by Crippen LogP contribution is 2.45. The second-order valence-corrected chi connectivity index (χ2v) is 5.81. The van der Waals surface area contributed by atoms with Gasteiger partial charge in [-0.05, 0) is 40.3 Å². The Labute approximate surface area is 155 Å². The van der Waals surface area contributed by atoms with Crippen LogP contribution in [0.4, 0.5) is 30.7 Å². The smallest absolute Gasteiger partial charge is 0.462 e. The molecular formula is C13H10F7IN2O3. The Morgan fingerprint density at radius 1 is 1.19 bits per heavy atom. The van der Waals surface area contributed by atoms with Crippen molar-refractivity contribution in [3.05, 3.63) is 21.3 Å². The van der Waals surface area contributed by atoms with Crippen LogP contribution in [-0.2, 0) is 4.79 Å². The summed E-state index contributed by atoms with van der Waals surface area (Å²) in [5, 5.41) is 2.73. The largest absolute Gasteiger partial charge is 0.493 e. The lowest BCUT2D eigenvalue weighted by Gasteiger charge is -2.27. The molecule has 26 heavy (non-hydrogen) atoms. The lowest BCUT2D eigenvalue weighted by Crippen LogP contribution is -2.58. The quantitative estimate of drug-likeness (QED) is 0.122. The van der Waals surface area contributed by atoms with Gasteiger partial charge in [-0.25, -0.2) is 5.43 Å². The number of rotatable bonds is 6. The van der Waals surface area contributed by atoms with E-state index in [1.807, 2.05) is 0 Å². The summed E-state index contributed by atoms with van der Waals surface area (Å²) in [6.45, 7) is 1.12. The first kappa shape index (κ1) is 22.2. The van der Waals surface area contributed by atoms with E-state index < -0.39 is 24.1 Å². The Hall–Kier alpha value is -1.80. The molecule has 5 nitrogen and oxygen atoms in total. The van der Waals surface area contributed by atoms with Gasteiger partial charge in [0.15, 0.2) is 11.5 Å². The van der Waals surface area contributed by atoms with Crippen LogP contribution in [-0.4, -0.2) is 37.4 Å². The lowest BCUT2D eigenvalue weighted by atomic mass is 10.2. The van der Waals surface area contributed by atoms with Gasteiger partial charge in [0.2, 0.25) is 0 Å². The number of hydrogen-bond donors (Lipinski definition) is 1. The van der Waals surface area contributed by atoms with Gasteiger partial charge in [-0.2, -0.15) is 35.8 Å². The minimum Gasteiger partial charge on any atom is -0.493 e. The molecule has 0 heterocycles. The minimum atomic E-state index is -6.47. The van der Waals surface area contributed by atoms with Gasteiger partial charge in [0.05, 0.1) is 16.9 Å². The molecule has 1 aromatic rings. The van der Waals surface area contributed by atoms with Crippen molar-refractivity contribution in [1.82, 2.24) is 5.43 Å². The third-order valence-electron chi connectivity index (χ3n) is 2.67. The summed E-state index contributed by atoms with van der Waals surface area (Å²) in [5.74, 6) is -7.00. The number of carbonyl (C=O) groups excluding carboxylic acids is 1. The molecule has 1 N–H and O–H groups in total. The first-order chi connectivity index (χ1) is 11.7. The predicted octanol–water partition coefficient (Wildman–Crippen LogP) is 3.94. The van der Waals surface area contributed by atoms with Crippen LogP contribution in [0.5, 0.6) is 11.5 Å². The molecule has 0 atom stereocenters. The van der Waals surface area contributed by atoms with Gasteiger partial charge in [-0.3, -0.25) is 4.79 Å². The lowest BCUT2D eigenvalue weighted by molar-refractivity contribution is -0.361. The Balaban J connectivity index is 3.06. The van der Waals surface area contributed by atoms with Crippen molar-refractivity contribution in [1.29, 1.82) is 0 Å². The Bertz CT molecular complexity index is 708. The maximum atomic E-state index is 13.1. The molecule has 0 aromatic heterocycles. The summed E-state index contributed by atoms with van der Waals surface area (Å²) < 4.78 is 97.6. The van der Waals surface area contributed by atoms with Gasteiger partial charge in [-0.15, -0.1) is 0 Å². The van der Waals surface area contributed by atoms with E-state index >= 15 is 0 Å². The number of hydrazone groups is 1. The zero-order valence-electron chi connectivity index (χ0n) is 12.9. The summed E-state index contributed by atoms with van der Waals surface area (Å²) in [6.07, 6.45) is -5.90. The minimum absolute atomic E-state index is 0.000719. The second kappa shape index (κ2) is 7.84. The van der Waals surface area contributed by atoms with Crippen LogP contribution in [0.25, 0.3) is 0 Å². The van der Waals surface area contributed by atoms with Crippen molar-refractivity contribution in [2.75, 3.05) is 7.11 Å². The third kappa shape index (κ3) is 4.88. The monoisotopic (exact) mass is 502 g/mol. The standard InChI is InChI=1S/C13H10F7IN2O3/c1-6(24)26-10-8(21)3-7(4-9(10)25-2)5-22-23-13(19,20)11(14,15)12(16,17)18/h3-5,23H,1-2H3/b22-5-. The van der Waals surface area contributed by atoms with E-state index in [0.29, 0.717) is 11.6 Å². The number of nitrogens with zero attached hydrogens (tertiary/aromatic N) is 1. The molecule has 0 bridgehead atoms. The topological polar surface area (TPSA) is 59.9 Å². The van der Waals surface area contributed by atoms with Crippen LogP contribution in [0.1, 0.15) is 12.5 Å². The average Bonchev–Trinajstić information content (AvgIpc) is 2.47. The van der Waals surface area contributed by atoms with Gasteiger partial charge in [-0.1, -0.05) is 0 Å². The molecule has 0 saturated carbocycles. The highest BCUT2D eigenvalue weighted by atomic mass is 127. The number of ether oxygens (including phenoxy) is 2. The molecule has 0 aliphatic heterocycles. The second-order valence-electron chi connectivity index (χ2n) is 4.64. The molecule has 0 radical (unpaired) electrons. The molecule has 0 aliphatic carbocycles. The molecule has 0 spiro atoms. The number of alkyl halides is 7. The Morgan fingerprint density at radius 3 is 2.23 bits per heavy atom. The first-order valence-corrected chi connectivity index (χ1v) is 7.49. The van der Waals surface area contributed by atoms with Crippen molar-refractivity contribution in [3.63, 3.8) is 0 Å². The van der Waals surface area contributed by atoms with Crippen LogP contribution in [0.15, 0.2) is 17.2 Å². The number of carbonyl (C=O) groups is 1. The van der Waals surface area contributed by atoms with Crippen LogP contribution in [0, 0.1) is 3.57 Å². The number of esters is 1. The van der Waals surface area contributed by atoms with Crippen LogP contribution >= 0.6 is 22.6 Å². The van der Waals surface area contributed by atoms with E-state index in [-0.39, 0.29) is 20.6 Å². The van der Waals surface area contributed by atoms with Crippen LogP contribution in [0.3, 0.4) is 0 Å². The maximum Gasteiger partial charge on any atom is 0.462 e. The van der Waals surface area contributed by atoms with E-state index in [1.165, 1.54) is 13.2 Å². The van der Waals surface area contributed by atoms with E-state index in [1.54, 1.807) is 22.6 Å². The molecule has 146 valence electrons. The summed E-state index contributed by atoms with van der Waals surface area (Å²) in [4.78, 5) is 11.0. The molecule has 1 aromatic carbocycles. The van der Waals surface area contributed by atoms with Crippen LogP contribution in [0.2, 0.25) is 0 Å². The molecule has 0 fully saturated rings. The van der Waals surface area contributed by atoms with Gasteiger partial charge < -0.3 is 9.47 Å². The molecule has 1 rings (SSSR count). The Kier molecular flexibility index (Phi) is 6.70. The maximum absolute atomic E-state index is 13.1. The average molecular weight is 502 g/mol. The predicted molar refractivity (Wildman–Crippen MR) is 83.7 cm³/mol. The van der Waals surface area contributed by atoms with Gasteiger partial charge in [0.1, 0.15) is 0 Å². The third-order valence-corrected chi connectivity index (χ3v) is 3.47. The molecule has 13 heteroatoms. The Morgan fingerprint density at radius 2 is 1.77 bits per heavy atom. The number of hydrogen-bond acceptors (Lipinski definition) is 5. The molecule has 0 unspecified atom stereocenters. The van der Waals surface area contributed by atoms with E-state index in [0.717, 1.165) is 13.0 Å². The fourth-order valence-electron chi connectivity index (χ4n) is 1.49. The van der Waals surface area contributed by atoms with Crippen molar-refractivity contribution in [2.45, 2.75) is 25.1 Å². The normalized spacial score (nSPS) is 13.0. The fourth-order valence-corrected chi connectivity index (χ4v) is 2.23. The SMILES string of the molecule is COc1cc(/C=N\NC(F)(F)C(F)(F)C(F)(F)F)cc(I)c1OC(C)=O. The summed E-state index contributed by atoms with van der Waals surface area (Å²) in [7, 11) is 1.20. The number of nitrogens with one attached hydrogen (secondary N) is 1. The zero-order valence-corrected chi connectivity index (χ0v) is 15.1. The highest BCUT2D eigenvalue weighted by molar-refractivity contribution is 14.1. The zero-order chi connectivity index (χ0) is 20.3. The molecular weight excluding hydrogens is 492 g/mol. The van der Waals surface area contributed by atoms with E-state index in [2.05, 4.69) is 5.10 Å². The molecule has 0 saturated heterocycles. The van der Waals surface area contributed by atoms with Crippen molar-refractivity contribution < 1.29 is 45.0 Å². The number of halogens is 8. The molecule has 0 amide bonds. The van der Waals surface area contributed by atoms with Gasteiger partial charge >= 0.3 is 24.1 Å². The van der Waals surface area contributed by atoms with Crippen molar-refractivity contribution in [3.8, 4) is 11.5 Å². The van der Waals surface area contributed by atoms with E-state index in [4.69, 9.17) is 9.47 Å². The van der Waals surface area contributed by atoms with Gasteiger partial charge in [0, 0.05) is 6.92 Å². The van der Waals surface area contributed by atoms with E-state index in [9.17, 15) is 35.5 Å². The molecule has 0 aliphatic rings.